The highest BCUT2D eigenvalue weighted by molar-refractivity contribution is 5.75. The van der Waals surface area contributed by atoms with Gasteiger partial charge in [0.25, 0.3) is 0 Å². The minimum atomic E-state index is -0.765. The SMILES string of the molecule is COCCCCNC(=O)N[C@H]1CC[C@@H](C(=O)O)C1. The predicted octanol–water partition coefficient (Wildman–Crippen LogP) is 0.965. The van der Waals surface area contributed by atoms with Gasteiger partial charge in [-0.15, -0.1) is 0 Å². The van der Waals surface area contributed by atoms with Crippen molar-refractivity contribution < 1.29 is 19.4 Å². The van der Waals surface area contributed by atoms with E-state index < -0.39 is 5.97 Å². The standard InChI is InChI=1S/C12H22N2O4/c1-18-7-3-2-6-13-12(17)14-10-5-4-9(8-10)11(15)16/h9-10H,2-8H2,1H3,(H,15,16)(H2,13,14,17)/t9-,10+/m1/s1. The van der Waals surface area contributed by atoms with E-state index in [1.807, 2.05) is 0 Å². The summed E-state index contributed by atoms with van der Waals surface area (Å²) in [5, 5.41) is 14.4. The Bertz CT molecular complexity index is 283. The molecule has 0 aromatic carbocycles. The van der Waals surface area contributed by atoms with Gasteiger partial charge in [0.15, 0.2) is 0 Å². The molecule has 6 nitrogen and oxygen atoms in total. The molecule has 0 aromatic heterocycles. The molecule has 3 N–H and O–H groups in total. The predicted molar refractivity (Wildman–Crippen MR) is 66.4 cm³/mol. The third kappa shape index (κ3) is 5.35. The van der Waals surface area contributed by atoms with E-state index in [0.29, 0.717) is 26.0 Å². The number of hydrogen-bond donors (Lipinski definition) is 3. The molecule has 6 heteroatoms. The van der Waals surface area contributed by atoms with Crippen LogP contribution in [0.1, 0.15) is 32.1 Å². The number of rotatable bonds is 7. The number of amides is 2. The van der Waals surface area contributed by atoms with E-state index in [4.69, 9.17) is 9.84 Å². The van der Waals surface area contributed by atoms with Gasteiger partial charge in [0.05, 0.1) is 5.92 Å². The van der Waals surface area contributed by atoms with E-state index >= 15 is 0 Å². The number of hydrogen-bond acceptors (Lipinski definition) is 3. The van der Waals surface area contributed by atoms with E-state index in [1.165, 1.54) is 0 Å². The van der Waals surface area contributed by atoms with Crippen LogP contribution in [0.3, 0.4) is 0 Å². The maximum absolute atomic E-state index is 11.5. The summed E-state index contributed by atoms with van der Waals surface area (Å²) in [6.07, 6.45) is 3.72. The second-order valence-corrected chi connectivity index (χ2v) is 4.65. The summed E-state index contributed by atoms with van der Waals surface area (Å²) in [7, 11) is 1.65. The molecule has 1 rings (SSSR count). The Labute approximate surface area is 107 Å². The van der Waals surface area contributed by atoms with E-state index in [0.717, 1.165) is 19.3 Å². The van der Waals surface area contributed by atoms with Gasteiger partial charge in [-0.05, 0) is 32.1 Å². The van der Waals surface area contributed by atoms with Gasteiger partial charge in [-0.1, -0.05) is 0 Å². The lowest BCUT2D eigenvalue weighted by Crippen LogP contribution is -2.41. The fraction of sp³-hybridized carbons (Fsp3) is 0.833. The Kier molecular flexibility index (Phi) is 6.49. The zero-order valence-corrected chi connectivity index (χ0v) is 10.8. The lowest BCUT2D eigenvalue weighted by atomic mass is 10.1. The molecule has 0 saturated heterocycles. The van der Waals surface area contributed by atoms with Crippen LogP contribution in [-0.4, -0.2) is 43.4 Å². The van der Waals surface area contributed by atoms with Crippen LogP contribution in [-0.2, 0) is 9.53 Å². The number of urea groups is 1. The first-order valence-electron chi connectivity index (χ1n) is 6.39. The minimum absolute atomic E-state index is 0.00919. The van der Waals surface area contributed by atoms with Gasteiger partial charge in [-0.3, -0.25) is 4.79 Å². The van der Waals surface area contributed by atoms with Crippen LogP contribution < -0.4 is 10.6 Å². The summed E-state index contributed by atoms with van der Waals surface area (Å²) < 4.78 is 4.91. The van der Waals surface area contributed by atoms with Gasteiger partial charge < -0.3 is 20.5 Å². The van der Waals surface area contributed by atoms with Crippen LogP contribution in [0.25, 0.3) is 0 Å². The van der Waals surface area contributed by atoms with Crippen molar-refractivity contribution in [2.75, 3.05) is 20.3 Å². The normalized spacial score (nSPS) is 22.7. The fourth-order valence-corrected chi connectivity index (χ4v) is 2.15. The van der Waals surface area contributed by atoms with Crippen LogP contribution in [0.15, 0.2) is 0 Å². The van der Waals surface area contributed by atoms with Crippen molar-refractivity contribution in [3.8, 4) is 0 Å². The molecule has 0 unspecified atom stereocenters. The molecule has 2 amide bonds. The van der Waals surface area contributed by atoms with Crippen molar-refractivity contribution in [2.24, 2.45) is 5.92 Å². The van der Waals surface area contributed by atoms with Crippen molar-refractivity contribution in [3.05, 3.63) is 0 Å². The third-order valence-electron chi connectivity index (χ3n) is 3.18. The smallest absolute Gasteiger partial charge is 0.315 e. The van der Waals surface area contributed by atoms with E-state index in [2.05, 4.69) is 10.6 Å². The maximum atomic E-state index is 11.5. The van der Waals surface area contributed by atoms with Crippen molar-refractivity contribution in [2.45, 2.75) is 38.1 Å². The number of carbonyl (C=O) groups is 2. The highest BCUT2D eigenvalue weighted by Crippen LogP contribution is 2.25. The maximum Gasteiger partial charge on any atom is 0.315 e. The average Bonchev–Trinajstić information content (AvgIpc) is 2.77. The molecular weight excluding hydrogens is 236 g/mol. The molecule has 0 radical (unpaired) electrons. The Morgan fingerprint density at radius 2 is 2.11 bits per heavy atom. The second kappa shape index (κ2) is 7.92. The first-order chi connectivity index (χ1) is 8.63. The van der Waals surface area contributed by atoms with Gasteiger partial charge >= 0.3 is 12.0 Å². The third-order valence-corrected chi connectivity index (χ3v) is 3.18. The Hall–Kier alpha value is -1.30. The van der Waals surface area contributed by atoms with Gasteiger partial charge in [0.2, 0.25) is 0 Å². The van der Waals surface area contributed by atoms with E-state index in [1.54, 1.807) is 7.11 Å². The van der Waals surface area contributed by atoms with Crippen molar-refractivity contribution in [3.63, 3.8) is 0 Å². The summed E-state index contributed by atoms with van der Waals surface area (Å²) >= 11 is 0. The topological polar surface area (TPSA) is 87.7 Å². The number of aliphatic carboxylic acids is 1. The molecule has 0 heterocycles. The monoisotopic (exact) mass is 258 g/mol. The van der Waals surface area contributed by atoms with Crippen molar-refractivity contribution >= 4 is 12.0 Å². The number of carboxylic acid groups (broad SMARTS) is 1. The number of methoxy groups -OCH3 is 1. The highest BCUT2D eigenvalue weighted by atomic mass is 16.5. The zero-order chi connectivity index (χ0) is 13.4. The van der Waals surface area contributed by atoms with Gasteiger partial charge in [0.1, 0.15) is 0 Å². The molecule has 1 fully saturated rings. The molecule has 0 aromatic rings. The minimum Gasteiger partial charge on any atom is -0.481 e. The molecule has 1 aliphatic rings. The fourth-order valence-electron chi connectivity index (χ4n) is 2.15. The summed E-state index contributed by atoms with van der Waals surface area (Å²) in [4.78, 5) is 22.3. The Morgan fingerprint density at radius 1 is 1.33 bits per heavy atom. The molecule has 0 bridgehead atoms. The van der Waals surface area contributed by atoms with Crippen LogP contribution in [0.5, 0.6) is 0 Å². The molecule has 2 atom stereocenters. The molecular formula is C12H22N2O4. The number of carbonyl (C=O) groups excluding carboxylic acids is 1. The Morgan fingerprint density at radius 3 is 2.72 bits per heavy atom. The van der Waals surface area contributed by atoms with Gasteiger partial charge in [-0.25, -0.2) is 4.79 Å². The van der Waals surface area contributed by atoms with Crippen molar-refractivity contribution in [1.82, 2.24) is 10.6 Å². The van der Waals surface area contributed by atoms with Gasteiger partial charge in [-0.2, -0.15) is 0 Å². The number of ether oxygens (including phenoxy) is 1. The van der Waals surface area contributed by atoms with Crippen LogP contribution in [0.4, 0.5) is 4.79 Å². The zero-order valence-electron chi connectivity index (χ0n) is 10.8. The molecule has 1 aliphatic carbocycles. The first kappa shape index (κ1) is 14.8. The molecule has 0 spiro atoms. The summed E-state index contributed by atoms with van der Waals surface area (Å²) in [6, 6.07) is -0.214. The Balaban J connectivity index is 2.08. The molecule has 18 heavy (non-hydrogen) atoms. The quantitative estimate of drug-likeness (QED) is 0.594. The van der Waals surface area contributed by atoms with Crippen LogP contribution >= 0.6 is 0 Å². The van der Waals surface area contributed by atoms with E-state index in [-0.39, 0.29) is 18.0 Å². The summed E-state index contributed by atoms with van der Waals surface area (Å²) in [5.41, 5.74) is 0. The average molecular weight is 258 g/mol. The first-order valence-corrected chi connectivity index (χ1v) is 6.39. The van der Waals surface area contributed by atoms with E-state index in [9.17, 15) is 9.59 Å². The highest BCUT2D eigenvalue weighted by Gasteiger charge is 2.30. The number of nitrogens with one attached hydrogen (secondary N) is 2. The number of unbranched alkanes of at least 4 members (excludes halogenated alkanes) is 1. The second-order valence-electron chi connectivity index (χ2n) is 4.65. The summed E-state index contributed by atoms with van der Waals surface area (Å²) in [5.74, 6) is -1.07. The number of carboxylic acids is 1. The summed E-state index contributed by atoms with van der Waals surface area (Å²) in [6.45, 7) is 1.32. The molecule has 104 valence electrons. The van der Waals surface area contributed by atoms with Gasteiger partial charge in [0, 0.05) is 26.3 Å². The molecule has 0 aliphatic heterocycles. The van der Waals surface area contributed by atoms with Crippen LogP contribution in [0.2, 0.25) is 0 Å². The molecule has 1 saturated carbocycles. The lowest BCUT2D eigenvalue weighted by Gasteiger charge is -2.13. The van der Waals surface area contributed by atoms with Crippen molar-refractivity contribution in [1.29, 1.82) is 0 Å². The van der Waals surface area contributed by atoms with Crippen LogP contribution in [0, 0.1) is 5.92 Å². The largest absolute Gasteiger partial charge is 0.481 e. The lowest BCUT2D eigenvalue weighted by molar-refractivity contribution is -0.141.